The number of nitrogens with zero attached hydrogens (tertiary/aromatic N) is 2. The van der Waals surface area contributed by atoms with Gasteiger partial charge in [0.25, 0.3) is 0 Å². The molecule has 2 aromatic rings. The van der Waals surface area contributed by atoms with Gasteiger partial charge < -0.3 is 5.32 Å². The van der Waals surface area contributed by atoms with Gasteiger partial charge in [0.1, 0.15) is 5.82 Å². The minimum absolute atomic E-state index is 0.239. The second-order valence-electron chi connectivity index (χ2n) is 4.71. The normalized spacial score (nSPS) is 10.8. The zero-order valence-electron chi connectivity index (χ0n) is 11.5. The van der Waals surface area contributed by atoms with Gasteiger partial charge in [-0.2, -0.15) is 5.10 Å². The maximum atomic E-state index is 13.4. The number of nitrogens with one attached hydrogen (secondary N) is 1. The Morgan fingerprint density at radius 1 is 1.32 bits per heavy atom. The van der Waals surface area contributed by atoms with Crippen molar-refractivity contribution < 1.29 is 4.39 Å². The van der Waals surface area contributed by atoms with Crippen molar-refractivity contribution in [1.82, 2.24) is 9.78 Å². The molecule has 1 aromatic heterocycles. The van der Waals surface area contributed by atoms with Gasteiger partial charge in [-0.1, -0.05) is 0 Å². The van der Waals surface area contributed by atoms with Crippen molar-refractivity contribution >= 4 is 21.6 Å². The van der Waals surface area contributed by atoms with Crippen molar-refractivity contribution in [2.45, 2.75) is 27.3 Å². The molecule has 19 heavy (non-hydrogen) atoms. The first-order chi connectivity index (χ1) is 8.90. The molecule has 0 atom stereocenters. The van der Waals surface area contributed by atoms with E-state index in [0.29, 0.717) is 11.0 Å². The molecule has 0 saturated carbocycles. The second-order valence-corrected chi connectivity index (χ2v) is 5.56. The van der Waals surface area contributed by atoms with E-state index in [1.807, 2.05) is 32.5 Å². The van der Waals surface area contributed by atoms with Gasteiger partial charge in [-0.3, -0.25) is 4.68 Å². The summed E-state index contributed by atoms with van der Waals surface area (Å²) in [5, 5.41) is 7.73. The molecule has 1 N–H and O–H groups in total. The zero-order chi connectivity index (χ0) is 14.2. The predicted octanol–water partition coefficient (Wildman–Crippen LogP) is 3.86. The fourth-order valence-corrected chi connectivity index (χ4v) is 2.44. The lowest BCUT2D eigenvalue weighted by atomic mass is 10.1. The molecule has 1 aromatic carbocycles. The van der Waals surface area contributed by atoms with E-state index in [1.165, 1.54) is 11.6 Å². The Hall–Kier alpha value is -1.36. The van der Waals surface area contributed by atoms with Gasteiger partial charge in [0.2, 0.25) is 0 Å². The number of rotatable bonds is 3. The summed E-state index contributed by atoms with van der Waals surface area (Å²) in [7, 11) is 1.94. The van der Waals surface area contributed by atoms with Crippen molar-refractivity contribution in [2.75, 3.05) is 5.32 Å². The Morgan fingerprint density at radius 3 is 2.58 bits per heavy atom. The Kier molecular flexibility index (Phi) is 3.94. The Labute approximate surface area is 121 Å². The molecule has 0 saturated heterocycles. The molecule has 102 valence electrons. The fourth-order valence-electron chi connectivity index (χ4n) is 2.09. The number of halogens is 2. The minimum atomic E-state index is -0.239. The average molecular weight is 326 g/mol. The summed E-state index contributed by atoms with van der Waals surface area (Å²) >= 11 is 3.21. The van der Waals surface area contributed by atoms with Crippen molar-refractivity contribution in [1.29, 1.82) is 0 Å². The maximum Gasteiger partial charge on any atom is 0.137 e. The summed E-state index contributed by atoms with van der Waals surface area (Å²) in [6.07, 6.45) is 0. The van der Waals surface area contributed by atoms with Crippen LogP contribution < -0.4 is 5.32 Å². The van der Waals surface area contributed by atoms with Crippen LogP contribution in [0.1, 0.15) is 22.5 Å². The van der Waals surface area contributed by atoms with E-state index in [9.17, 15) is 4.39 Å². The van der Waals surface area contributed by atoms with Crippen molar-refractivity contribution in [2.24, 2.45) is 7.05 Å². The lowest BCUT2D eigenvalue weighted by Crippen LogP contribution is -2.04. The molecule has 0 fully saturated rings. The van der Waals surface area contributed by atoms with E-state index in [2.05, 4.69) is 26.3 Å². The van der Waals surface area contributed by atoms with Gasteiger partial charge in [0.15, 0.2) is 0 Å². The molecule has 0 aliphatic rings. The lowest BCUT2D eigenvalue weighted by Gasteiger charge is -2.11. The summed E-state index contributed by atoms with van der Waals surface area (Å²) in [4.78, 5) is 0. The van der Waals surface area contributed by atoms with E-state index in [4.69, 9.17) is 0 Å². The molecule has 0 bridgehead atoms. The third-order valence-corrected chi connectivity index (χ3v) is 3.99. The van der Waals surface area contributed by atoms with Crippen LogP contribution in [0.15, 0.2) is 16.6 Å². The topological polar surface area (TPSA) is 29.9 Å². The van der Waals surface area contributed by atoms with Crippen LogP contribution in [-0.4, -0.2) is 9.78 Å². The Bertz CT molecular complexity index is 620. The first-order valence-electron chi connectivity index (χ1n) is 6.08. The highest BCUT2D eigenvalue weighted by molar-refractivity contribution is 9.10. The first-order valence-corrected chi connectivity index (χ1v) is 6.88. The van der Waals surface area contributed by atoms with Crippen LogP contribution >= 0.6 is 15.9 Å². The summed E-state index contributed by atoms with van der Waals surface area (Å²) in [5.41, 5.74) is 5.16. The van der Waals surface area contributed by atoms with Crippen molar-refractivity contribution in [3.05, 3.63) is 44.9 Å². The molecular weight excluding hydrogens is 309 g/mol. The highest BCUT2D eigenvalue weighted by Crippen LogP contribution is 2.25. The Morgan fingerprint density at radius 2 is 2.00 bits per heavy atom. The predicted molar refractivity (Wildman–Crippen MR) is 78.8 cm³/mol. The van der Waals surface area contributed by atoms with Crippen LogP contribution in [0.4, 0.5) is 10.1 Å². The smallest absolute Gasteiger partial charge is 0.137 e. The molecule has 0 aliphatic carbocycles. The summed E-state index contributed by atoms with van der Waals surface area (Å²) in [6.45, 7) is 6.62. The van der Waals surface area contributed by atoms with Gasteiger partial charge >= 0.3 is 0 Å². The standard InChI is InChI=1S/C14H17BrFN3/c1-8-5-13(16)12(15)6-14(8)17-7-11-9(2)18-19(4)10(11)3/h5-6,17H,7H2,1-4H3. The van der Waals surface area contributed by atoms with E-state index >= 15 is 0 Å². The number of aryl methyl sites for hydroxylation is 3. The number of hydrogen-bond donors (Lipinski definition) is 1. The van der Waals surface area contributed by atoms with Gasteiger partial charge in [-0.05, 0) is 54.4 Å². The van der Waals surface area contributed by atoms with E-state index in [-0.39, 0.29) is 5.82 Å². The largest absolute Gasteiger partial charge is 0.381 e. The Balaban J connectivity index is 2.21. The van der Waals surface area contributed by atoms with Crippen LogP contribution in [0.2, 0.25) is 0 Å². The van der Waals surface area contributed by atoms with Gasteiger partial charge in [-0.25, -0.2) is 4.39 Å². The molecular formula is C14H17BrFN3. The maximum absolute atomic E-state index is 13.4. The monoisotopic (exact) mass is 325 g/mol. The SMILES string of the molecule is Cc1cc(F)c(Br)cc1NCc1c(C)nn(C)c1C. The zero-order valence-corrected chi connectivity index (χ0v) is 13.1. The summed E-state index contributed by atoms with van der Waals surface area (Å²) in [6, 6.07) is 3.29. The van der Waals surface area contributed by atoms with Crippen molar-refractivity contribution in [3.8, 4) is 0 Å². The second kappa shape index (κ2) is 5.33. The number of anilines is 1. The van der Waals surface area contributed by atoms with Gasteiger partial charge in [-0.15, -0.1) is 0 Å². The number of benzene rings is 1. The summed E-state index contributed by atoms with van der Waals surface area (Å²) < 4.78 is 15.7. The van der Waals surface area contributed by atoms with Crippen LogP contribution in [0.5, 0.6) is 0 Å². The molecule has 2 rings (SSSR count). The molecule has 0 aliphatic heterocycles. The minimum Gasteiger partial charge on any atom is -0.381 e. The quantitative estimate of drug-likeness (QED) is 0.928. The third-order valence-electron chi connectivity index (χ3n) is 3.38. The molecule has 0 radical (unpaired) electrons. The van der Waals surface area contributed by atoms with Crippen LogP contribution in [0, 0.1) is 26.6 Å². The lowest BCUT2D eigenvalue weighted by molar-refractivity contribution is 0.620. The van der Waals surface area contributed by atoms with Crippen molar-refractivity contribution in [3.63, 3.8) is 0 Å². The molecule has 1 heterocycles. The molecule has 0 amide bonds. The van der Waals surface area contributed by atoms with E-state index in [1.54, 1.807) is 6.07 Å². The molecule has 0 unspecified atom stereocenters. The molecule has 5 heteroatoms. The average Bonchev–Trinajstić information content (AvgIpc) is 2.57. The highest BCUT2D eigenvalue weighted by atomic mass is 79.9. The van der Waals surface area contributed by atoms with Crippen LogP contribution in [0.25, 0.3) is 0 Å². The number of hydrogen-bond acceptors (Lipinski definition) is 2. The van der Waals surface area contributed by atoms with Crippen LogP contribution in [-0.2, 0) is 13.6 Å². The fraction of sp³-hybridized carbons (Fsp3) is 0.357. The highest BCUT2D eigenvalue weighted by Gasteiger charge is 2.10. The van der Waals surface area contributed by atoms with E-state index < -0.39 is 0 Å². The third kappa shape index (κ3) is 2.81. The van der Waals surface area contributed by atoms with E-state index in [0.717, 1.165) is 22.6 Å². The molecule has 3 nitrogen and oxygen atoms in total. The number of aromatic nitrogens is 2. The first kappa shape index (κ1) is 14.1. The van der Waals surface area contributed by atoms with Crippen LogP contribution in [0.3, 0.4) is 0 Å². The summed E-state index contributed by atoms with van der Waals surface area (Å²) in [5.74, 6) is -0.239. The van der Waals surface area contributed by atoms with Gasteiger partial charge in [0.05, 0.1) is 10.2 Å². The molecule has 0 spiro atoms. The van der Waals surface area contributed by atoms with Gasteiger partial charge in [0, 0.05) is 30.5 Å².